The van der Waals surface area contributed by atoms with Crippen LogP contribution in [0.1, 0.15) is 41.7 Å². The highest BCUT2D eigenvalue weighted by Crippen LogP contribution is 2.27. The molecule has 2 aliphatic heterocycles. The second-order valence-electron chi connectivity index (χ2n) is 11.1. The molecule has 0 saturated carbocycles. The summed E-state index contributed by atoms with van der Waals surface area (Å²) in [7, 11) is -3.59. The number of aliphatic hydroxyl groups excluding tert-OH is 1. The van der Waals surface area contributed by atoms with Gasteiger partial charge in [0.05, 0.1) is 42.2 Å². The minimum Gasteiger partial charge on any atom is -0.473 e. The van der Waals surface area contributed by atoms with Crippen LogP contribution in [0, 0.1) is 5.82 Å². The van der Waals surface area contributed by atoms with Crippen molar-refractivity contribution in [2.24, 2.45) is 0 Å². The zero-order valence-electron chi connectivity index (χ0n) is 24.1. The highest BCUT2D eigenvalue weighted by atomic mass is 35.5. The van der Waals surface area contributed by atoms with E-state index < -0.39 is 22.1 Å². The topological polar surface area (TPSA) is 119 Å². The molecule has 0 radical (unpaired) electrons. The number of fused-ring (bicyclic) bond motifs is 1. The summed E-state index contributed by atoms with van der Waals surface area (Å²) in [6.07, 6.45) is 3.62. The smallest absolute Gasteiger partial charge is 0.214 e. The van der Waals surface area contributed by atoms with Crippen LogP contribution in [0.4, 0.5) is 4.39 Å². The Labute approximate surface area is 260 Å². The summed E-state index contributed by atoms with van der Waals surface area (Å²) >= 11 is 5.84. The van der Waals surface area contributed by atoms with E-state index in [2.05, 4.69) is 25.2 Å². The van der Waals surface area contributed by atoms with E-state index in [0.717, 1.165) is 60.4 Å². The molecule has 10 nitrogen and oxygen atoms in total. The molecule has 44 heavy (non-hydrogen) atoms. The van der Waals surface area contributed by atoms with E-state index in [1.165, 1.54) is 6.07 Å². The van der Waals surface area contributed by atoms with Crippen LogP contribution in [0.25, 0.3) is 16.6 Å². The van der Waals surface area contributed by atoms with Crippen molar-refractivity contribution < 1.29 is 27.4 Å². The van der Waals surface area contributed by atoms with E-state index in [1.54, 1.807) is 36.4 Å². The first-order chi connectivity index (χ1) is 21.1. The van der Waals surface area contributed by atoms with Gasteiger partial charge in [0, 0.05) is 36.3 Å². The summed E-state index contributed by atoms with van der Waals surface area (Å²) in [5.74, 6) is 0.876. The summed E-state index contributed by atoms with van der Waals surface area (Å²) in [4.78, 5) is 11.9. The van der Waals surface area contributed by atoms with E-state index in [4.69, 9.17) is 26.1 Å². The van der Waals surface area contributed by atoms with Crippen molar-refractivity contribution in [2.75, 3.05) is 26.0 Å². The third-order valence-corrected chi connectivity index (χ3v) is 8.66. The van der Waals surface area contributed by atoms with Gasteiger partial charge in [-0.1, -0.05) is 35.9 Å². The maximum absolute atomic E-state index is 14.1. The van der Waals surface area contributed by atoms with Crippen molar-refractivity contribution in [2.45, 2.75) is 44.9 Å². The lowest BCUT2D eigenvalue weighted by Crippen LogP contribution is -2.33. The molecule has 232 valence electrons. The number of sulfonamides is 1. The molecule has 4 aromatic rings. The molecular weight excluding hydrogens is 609 g/mol. The van der Waals surface area contributed by atoms with Crippen LogP contribution in [0.2, 0.25) is 5.02 Å². The molecule has 1 fully saturated rings. The SMILES string of the molecule is CS(=O)(=O)NC(O)c1ccc2nc(CN3CC=C(c4cccc(OCc5ccc(Cl)cc5F)n4)CC3)n(C[C@@H]3CCO3)c2c1. The first-order valence-corrected chi connectivity index (χ1v) is 16.6. The summed E-state index contributed by atoms with van der Waals surface area (Å²) in [6, 6.07) is 15.3. The number of aliphatic hydroxyl groups is 1. The molecule has 13 heteroatoms. The maximum atomic E-state index is 14.1. The predicted octanol–water partition coefficient (Wildman–Crippen LogP) is 4.42. The average Bonchev–Trinajstić information content (AvgIpc) is 3.30. The van der Waals surface area contributed by atoms with Gasteiger partial charge in [-0.3, -0.25) is 4.90 Å². The van der Waals surface area contributed by atoms with Crippen LogP contribution in [0.15, 0.2) is 60.7 Å². The summed E-state index contributed by atoms with van der Waals surface area (Å²) in [5, 5.41) is 10.8. The van der Waals surface area contributed by atoms with Crippen molar-refractivity contribution in [3.63, 3.8) is 0 Å². The Morgan fingerprint density at radius 3 is 2.75 bits per heavy atom. The van der Waals surface area contributed by atoms with Crippen LogP contribution < -0.4 is 9.46 Å². The number of hydrogen-bond acceptors (Lipinski definition) is 8. The summed E-state index contributed by atoms with van der Waals surface area (Å²) in [6.45, 7) is 3.49. The lowest BCUT2D eigenvalue weighted by Gasteiger charge is -2.29. The molecule has 2 N–H and O–H groups in total. The zero-order valence-corrected chi connectivity index (χ0v) is 25.7. The molecule has 6 rings (SSSR count). The largest absolute Gasteiger partial charge is 0.473 e. The number of rotatable bonds is 11. The fourth-order valence-electron chi connectivity index (χ4n) is 5.34. The lowest BCUT2D eigenvalue weighted by molar-refractivity contribution is -0.0591. The molecule has 4 heterocycles. The Kier molecular flexibility index (Phi) is 8.99. The number of ether oxygens (including phenoxy) is 2. The molecule has 2 aliphatic rings. The molecule has 1 saturated heterocycles. The molecule has 2 aromatic heterocycles. The second-order valence-corrected chi connectivity index (χ2v) is 13.3. The Bertz CT molecular complexity index is 1810. The van der Waals surface area contributed by atoms with Gasteiger partial charge >= 0.3 is 0 Å². The monoisotopic (exact) mass is 641 g/mol. The first kappa shape index (κ1) is 30.6. The van der Waals surface area contributed by atoms with E-state index in [-0.39, 0.29) is 12.7 Å². The van der Waals surface area contributed by atoms with Crippen LogP contribution in [-0.4, -0.2) is 65.0 Å². The fourth-order valence-corrected chi connectivity index (χ4v) is 6.04. The van der Waals surface area contributed by atoms with Gasteiger partial charge in [0.15, 0.2) is 0 Å². The Morgan fingerprint density at radius 2 is 2.05 bits per heavy atom. The first-order valence-electron chi connectivity index (χ1n) is 14.3. The number of benzene rings is 2. The third-order valence-electron chi connectivity index (χ3n) is 7.77. The van der Waals surface area contributed by atoms with Crippen molar-refractivity contribution in [3.8, 4) is 5.88 Å². The summed E-state index contributed by atoms with van der Waals surface area (Å²) in [5.41, 5.74) is 4.35. The van der Waals surface area contributed by atoms with E-state index in [1.807, 2.05) is 12.1 Å². The maximum Gasteiger partial charge on any atom is 0.214 e. The number of halogens is 2. The van der Waals surface area contributed by atoms with Crippen LogP contribution in [0.3, 0.4) is 0 Å². The highest BCUT2D eigenvalue weighted by molar-refractivity contribution is 7.88. The van der Waals surface area contributed by atoms with Gasteiger partial charge in [-0.15, -0.1) is 0 Å². The van der Waals surface area contributed by atoms with Crippen LogP contribution in [-0.2, 0) is 34.5 Å². The Hall–Kier alpha value is -3.39. The Balaban J connectivity index is 1.16. The van der Waals surface area contributed by atoms with Gasteiger partial charge in [-0.25, -0.2) is 22.8 Å². The normalized spacial score (nSPS) is 18.2. The highest BCUT2D eigenvalue weighted by Gasteiger charge is 2.24. The van der Waals surface area contributed by atoms with Crippen molar-refractivity contribution in [1.82, 2.24) is 24.2 Å². The van der Waals surface area contributed by atoms with Crippen molar-refractivity contribution >= 4 is 38.2 Å². The van der Waals surface area contributed by atoms with Crippen LogP contribution in [0.5, 0.6) is 5.88 Å². The molecule has 0 aliphatic carbocycles. The lowest BCUT2D eigenvalue weighted by atomic mass is 10.0. The third kappa shape index (κ3) is 7.28. The molecular formula is C31H33ClFN5O5S. The molecule has 0 spiro atoms. The van der Waals surface area contributed by atoms with Gasteiger partial charge in [0.25, 0.3) is 0 Å². The standard InChI is InChI=1S/C31H33ClFN5O5S/c1-44(40,41)36-31(39)21-6-8-27-28(15-21)38(17-24-11-14-42-24)29(34-27)18-37-12-9-20(10-13-37)26-3-2-4-30(35-26)43-19-22-5-7-23(32)16-25(22)33/h2-9,15-16,24,31,36,39H,10-14,17-19H2,1H3/t24-,31?/m0/s1. The van der Waals surface area contributed by atoms with Crippen molar-refractivity contribution in [1.29, 1.82) is 0 Å². The Morgan fingerprint density at radius 1 is 1.20 bits per heavy atom. The molecule has 0 amide bonds. The van der Waals surface area contributed by atoms with Gasteiger partial charge in [-0.2, -0.15) is 4.72 Å². The minimum atomic E-state index is -3.59. The predicted molar refractivity (Wildman–Crippen MR) is 165 cm³/mol. The fraction of sp³-hybridized carbons (Fsp3) is 0.355. The molecule has 2 aromatic carbocycles. The molecule has 2 atom stereocenters. The zero-order chi connectivity index (χ0) is 30.8. The number of aromatic nitrogens is 3. The van der Waals surface area contributed by atoms with Crippen molar-refractivity contribution in [3.05, 3.63) is 94.2 Å². The van der Waals surface area contributed by atoms with Gasteiger partial charge in [0.2, 0.25) is 15.9 Å². The van der Waals surface area contributed by atoms with Gasteiger partial charge in [-0.05, 0) is 54.3 Å². The van der Waals surface area contributed by atoms with E-state index >= 15 is 0 Å². The molecule has 1 unspecified atom stereocenters. The second kappa shape index (κ2) is 12.9. The van der Waals surface area contributed by atoms with E-state index in [0.29, 0.717) is 41.7 Å². The van der Waals surface area contributed by atoms with Gasteiger partial charge in [0.1, 0.15) is 24.5 Å². The molecule has 0 bridgehead atoms. The number of pyridine rings is 1. The minimum absolute atomic E-state index is 0.0495. The number of nitrogens with zero attached hydrogens (tertiary/aromatic N) is 4. The number of imidazole rings is 1. The number of nitrogens with one attached hydrogen (secondary N) is 1. The van der Waals surface area contributed by atoms with Crippen LogP contribution >= 0.6 is 11.6 Å². The van der Waals surface area contributed by atoms with E-state index in [9.17, 15) is 17.9 Å². The van der Waals surface area contributed by atoms with Gasteiger partial charge < -0.3 is 19.1 Å². The number of hydrogen-bond donors (Lipinski definition) is 2. The quantitative estimate of drug-likeness (QED) is 0.231. The summed E-state index contributed by atoms with van der Waals surface area (Å²) < 4.78 is 53.3. The average molecular weight is 642 g/mol.